The van der Waals surface area contributed by atoms with E-state index >= 15 is 0 Å². The molecule has 0 aliphatic heterocycles. The highest BCUT2D eigenvalue weighted by Crippen LogP contribution is 2.20. The van der Waals surface area contributed by atoms with Gasteiger partial charge in [-0.25, -0.2) is 0 Å². The third-order valence-electron chi connectivity index (χ3n) is 2.97. The first-order valence-corrected chi connectivity index (χ1v) is 5.31. The van der Waals surface area contributed by atoms with Crippen molar-refractivity contribution in [1.82, 2.24) is 4.98 Å². The van der Waals surface area contributed by atoms with E-state index in [1.807, 2.05) is 6.20 Å². The Balaban J connectivity index is 2.33. The summed E-state index contributed by atoms with van der Waals surface area (Å²) in [6, 6.07) is 2.14. The van der Waals surface area contributed by atoms with Crippen molar-refractivity contribution in [2.24, 2.45) is 0 Å². The van der Waals surface area contributed by atoms with Gasteiger partial charge in [-0.3, -0.25) is 4.98 Å². The van der Waals surface area contributed by atoms with Crippen LogP contribution in [0.1, 0.15) is 42.5 Å². The van der Waals surface area contributed by atoms with E-state index in [4.69, 9.17) is 0 Å². The van der Waals surface area contributed by atoms with Crippen molar-refractivity contribution >= 4 is 0 Å². The quantitative estimate of drug-likeness (QED) is 0.590. The predicted octanol–water partition coefficient (Wildman–Crippen LogP) is 3.05. The number of nitrogens with zero attached hydrogens (tertiary/aromatic N) is 1. The molecule has 1 heterocycles. The Labute approximate surface area is 80.2 Å². The van der Waals surface area contributed by atoms with Gasteiger partial charge in [0.15, 0.2) is 0 Å². The van der Waals surface area contributed by atoms with Gasteiger partial charge >= 0.3 is 0 Å². The second-order valence-electron chi connectivity index (χ2n) is 3.97. The van der Waals surface area contributed by atoms with E-state index in [2.05, 4.69) is 18.0 Å². The SMILES string of the molecule is Cc1ccnc2c1CCCCCC2. The van der Waals surface area contributed by atoms with Gasteiger partial charge in [0, 0.05) is 11.9 Å². The lowest BCUT2D eigenvalue weighted by atomic mass is 9.94. The predicted molar refractivity (Wildman–Crippen MR) is 54.9 cm³/mol. The average molecular weight is 175 g/mol. The van der Waals surface area contributed by atoms with Gasteiger partial charge in [-0.1, -0.05) is 12.8 Å². The minimum atomic E-state index is 1.19. The Morgan fingerprint density at radius 3 is 2.69 bits per heavy atom. The molecule has 1 aliphatic rings. The summed E-state index contributed by atoms with van der Waals surface area (Å²) in [6.07, 6.45) is 9.84. The molecule has 1 nitrogen and oxygen atoms in total. The second-order valence-corrected chi connectivity index (χ2v) is 3.97. The van der Waals surface area contributed by atoms with Gasteiger partial charge in [0.2, 0.25) is 0 Å². The Bertz CT molecular complexity index is 291. The van der Waals surface area contributed by atoms with Gasteiger partial charge in [0.05, 0.1) is 0 Å². The molecule has 0 bridgehead atoms. The molecular weight excluding hydrogens is 158 g/mol. The van der Waals surface area contributed by atoms with Crippen molar-refractivity contribution in [2.45, 2.75) is 45.4 Å². The lowest BCUT2D eigenvalue weighted by Gasteiger charge is -2.14. The minimum Gasteiger partial charge on any atom is -0.261 e. The van der Waals surface area contributed by atoms with Gasteiger partial charge in [0.1, 0.15) is 0 Å². The molecule has 0 fully saturated rings. The molecule has 0 aromatic carbocycles. The van der Waals surface area contributed by atoms with Gasteiger partial charge < -0.3 is 0 Å². The number of hydrogen-bond acceptors (Lipinski definition) is 1. The lowest BCUT2D eigenvalue weighted by Crippen LogP contribution is -2.03. The van der Waals surface area contributed by atoms with Crippen molar-refractivity contribution in [1.29, 1.82) is 0 Å². The van der Waals surface area contributed by atoms with Gasteiger partial charge in [-0.15, -0.1) is 0 Å². The Morgan fingerprint density at radius 2 is 1.85 bits per heavy atom. The highest BCUT2D eigenvalue weighted by atomic mass is 14.7. The summed E-state index contributed by atoms with van der Waals surface area (Å²) in [4.78, 5) is 4.48. The van der Waals surface area contributed by atoms with E-state index < -0.39 is 0 Å². The lowest BCUT2D eigenvalue weighted by molar-refractivity contribution is 0.607. The molecule has 0 amide bonds. The summed E-state index contributed by atoms with van der Waals surface area (Å²) < 4.78 is 0. The molecule has 70 valence electrons. The van der Waals surface area contributed by atoms with Crippen LogP contribution in [-0.4, -0.2) is 4.98 Å². The van der Waals surface area contributed by atoms with Crippen LogP contribution in [0.3, 0.4) is 0 Å². The molecule has 0 unspecified atom stereocenters. The fourth-order valence-electron chi connectivity index (χ4n) is 2.15. The van der Waals surface area contributed by atoms with Crippen LogP contribution in [0.15, 0.2) is 12.3 Å². The van der Waals surface area contributed by atoms with E-state index in [0.717, 1.165) is 0 Å². The number of fused-ring (bicyclic) bond motifs is 1. The van der Waals surface area contributed by atoms with Crippen molar-refractivity contribution in [2.75, 3.05) is 0 Å². The van der Waals surface area contributed by atoms with Gasteiger partial charge in [-0.2, -0.15) is 0 Å². The summed E-state index contributed by atoms with van der Waals surface area (Å²) in [7, 11) is 0. The van der Waals surface area contributed by atoms with Crippen LogP contribution < -0.4 is 0 Å². The zero-order valence-corrected chi connectivity index (χ0v) is 8.34. The zero-order valence-electron chi connectivity index (χ0n) is 8.34. The zero-order chi connectivity index (χ0) is 9.10. The van der Waals surface area contributed by atoms with Crippen LogP contribution in [-0.2, 0) is 12.8 Å². The number of hydrogen-bond donors (Lipinski definition) is 0. The Morgan fingerprint density at radius 1 is 1.08 bits per heavy atom. The van der Waals surface area contributed by atoms with E-state index in [1.165, 1.54) is 55.3 Å². The molecule has 1 aromatic heterocycles. The van der Waals surface area contributed by atoms with E-state index in [-0.39, 0.29) is 0 Å². The number of aromatic nitrogens is 1. The van der Waals surface area contributed by atoms with E-state index in [1.54, 1.807) is 0 Å². The minimum absolute atomic E-state index is 1.19. The van der Waals surface area contributed by atoms with E-state index in [0.29, 0.717) is 0 Å². The van der Waals surface area contributed by atoms with Crippen LogP contribution in [0.2, 0.25) is 0 Å². The molecule has 13 heavy (non-hydrogen) atoms. The molecule has 0 N–H and O–H groups in total. The maximum Gasteiger partial charge on any atom is 0.0438 e. The maximum absolute atomic E-state index is 4.48. The largest absolute Gasteiger partial charge is 0.261 e. The molecule has 0 radical (unpaired) electrons. The first-order valence-electron chi connectivity index (χ1n) is 5.31. The smallest absolute Gasteiger partial charge is 0.0438 e. The highest BCUT2D eigenvalue weighted by Gasteiger charge is 2.09. The standard InChI is InChI=1S/C12H17N/c1-10-8-9-13-12-7-5-3-2-4-6-11(10)12/h8-9H,2-7H2,1H3. The van der Waals surface area contributed by atoms with Crippen LogP contribution in [0, 0.1) is 6.92 Å². The summed E-state index contributed by atoms with van der Waals surface area (Å²) >= 11 is 0. The average Bonchev–Trinajstić information content (AvgIpc) is 2.07. The van der Waals surface area contributed by atoms with Crippen molar-refractivity contribution in [3.05, 3.63) is 29.1 Å². The van der Waals surface area contributed by atoms with Crippen molar-refractivity contribution in [3.63, 3.8) is 0 Å². The number of rotatable bonds is 0. The van der Waals surface area contributed by atoms with Gasteiger partial charge in [0.25, 0.3) is 0 Å². The second kappa shape index (κ2) is 3.91. The summed E-state index contributed by atoms with van der Waals surface area (Å²) in [5.74, 6) is 0. The van der Waals surface area contributed by atoms with Crippen molar-refractivity contribution < 1.29 is 0 Å². The van der Waals surface area contributed by atoms with Crippen LogP contribution >= 0.6 is 0 Å². The molecule has 1 aromatic rings. The molecular formula is C12H17N. The summed E-state index contributed by atoms with van der Waals surface area (Å²) in [5.41, 5.74) is 4.33. The Kier molecular flexibility index (Phi) is 2.62. The molecule has 1 heteroatoms. The monoisotopic (exact) mass is 175 g/mol. The maximum atomic E-state index is 4.48. The van der Waals surface area contributed by atoms with Crippen LogP contribution in [0.5, 0.6) is 0 Å². The molecule has 0 saturated carbocycles. The topological polar surface area (TPSA) is 12.9 Å². The highest BCUT2D eigenvalue weighted by molar-refractivity contribution is 5.29. The molecule has 1 aliphatic carbocycles. The fraction of sp³-hybridized carbons (Fsp3) is 0.583. The molecule has 0 atom stereocenters. The number of aryl methyl sites for hydroxylation is 2. The van der Waals surface area contributed by atoms with Crippen LogP contribution in [0.4, 0.5) is 0 Å². The summed E-state index contributed by atoms with van der Waals surface area (Å²) in [5, 5.41) is 0. The Hall–Kier alpha value is -0.850. The fourth-order valence-corrected chi connectivity index (χ4v) is 2.15. The van der Waals surface area contributed by atoms with Crippen LogP contribution in [0.25, 0.3) is 0 Å². The first-order chi connectivity index (χ1) is 6.38. The third-order valence-corrected chi connectivity index (χ3v) is 2.97. The van der Waals surface area contributed by atoms with E-state index in [9.17, 15) is 0 Å². The molecule has 2 rings (SSSR count). The summed E-state index contributed by atoms with van der Waals surface area (Å²) in [6.45, 7) is 2.21. The normalized spacial score (nSPS) is 17.3. The van der Waals surface area contributed by atoms with Crippen molar-refractivity contribution in [3.8, 4) is 0 Å². The number of pyridine rings is 1. The van der Waals surface area contributed by atoms with Gasteiger partial charge in [-0.05, 0) is 49.8 Å². The molecule has 0 spiro atoms. The first kappa shape index (κ1) is 8.74. The molecule has 0 saturated heterocycles. The third kappa shape index (κ3) is 1.90.